The molecule has 22 heavy (non-hydrogen) atoms. The van der Waals surface area contributed by atoms with E-state index in [1.165, 1.54) is 11.0 Å². The Morgan fingerprint density at radius 3 is 2.23 bits per heavy atom. The fourth-order valence-electron chi connectivity index (χ4n) is 1.57. The summed E-state index contributed by atoms with van der Waals surface area (Å²) >= 11 is 0. The van der Waals surface area contributed by atoms with Gasteiger partial charge in [0.25, 0.3) is 11.8 Å². The number of carbonyl (C=O) groups excluding carboxylic acids is 3. The fourth-order valence-corrected chi connectivity index (χ4v) is 1.57. The summed E-state index contributed by atoms with van der Waals surface area (Å²) in [6, 6.07) is 6.47. The molecule has 1 aromatic carbocycles. The van der Waals surface area contributed by atoms with Gasteiger partial charge in [0, 0.05) is 31.4 Å². The number of esters is 1. The van der Waals surface area contributed by atoms with E-state index in [1.807, 2.05) is 0 Å². The van der Waals surface area contributed by atoms with Crippen molar-refractivity contribution in [3.05, 3.63) is 41.5 Å². The number of nitrogens with zero attached hydrogens (tertiary/aromatic N) is 1. The largest absolute Gasteiger partial charge is 0.452 e. The zero-order valence-corrected chi connectivity index (χ0v) is 13.2. The summed E-state index contributed by atoms with van der Waals surface area (Å²) in [5.74, 6) is -1.11. The summed E-state index contributed by atoms with van der Waals surface area (Å²) in [5, 5.41) is 2.58. The molecule has 1 rings (SSSR count). The Balaban J connectivity index is 2.53. The highest BCUT2D eigenvalue weighted by Crippen LogP contribution is 2.10. The Morgan fingerprint density at radius 1 is 1.14 bits per heavy atom. The smallest absolute Gasteiger partial charge is 0.331 e. The van der Waals surface area contributed by atoms with Gasteiger partial charge in [-0.2, -0.15) is 0 Å². The van der Waals surface area contributed by atoms with Crippen LogP contribution in [0.1, 0.15) is 24.2 Å². The molecule has 0 atom stereocenters. The van der Waals surface area contributed by atoms with Gasteiger partial charge in [0.2, 0.25) is 0 Å². The molecular weight excluding hydrogens is 284 g/mol. The number of benzene rings is 1. The molecule has 0 aliphatic heterocycles. The number of nitrogens with one attached hydrogen (secondary N) is 1. The molecule has 0 saturated carbocycles. The van der Waals surface area contributed by atoms with E-state index in [4.69, 9.17) is 4.74 Å². The van der Waals surface area contributed by atoms with Crippen molar-refractivity contribution in [3.63, 3.8) is 0 Å². The van der Waals surface area contributed by atoms with E-state index in [9.17, 15) is 14.4 Å². The highest BCUT2D eigenvalue weighted by molar-refractivity contribution is 5.96. The van der Waals surface area contributed by atoms with Crippen LogP contribution in [0.3, 0.4) is 0 Å². The first-order chi connectivity index (χ1) is 10.3. The van der Waals surface area contributed by atoms with Crippen molar-refractivity contribution in [3.8, 4) is 0 Å². The molecule has 118 valence electrons. The van der Waals surface area contributed by atoms with Gasteiger partial charge >= 0.3 is 5.97 Å². The highest BCUT2D eigenvalue weighted by Gasteiger charge is 2.09. The second-order valence-corrected chi connectivity index (χ2v) is 5.15. The third-order valence-electron chi connectivity index (χ3n) is 2.57. The van der Waals surface area contributed by atoms with Gasteiger partial charge in [-0.3, -0.25) is 9.59 Å². The van der Waals surface area contributed by atoms with E-state index in [0.717, 1.165) is 5.57 Å². The van der Waals surface area contributed by atoms with Crippen LogP contribution < -0.4 is 5.32 Å². The van der Waals surface area contributed by atoms with Crippen LogP contribution in [-0.4, -0.2) is 43.4 Å². The van der Waals surface area contributed by atoms with Crippen LogP contribution in [0.2, 0.25) is 0 Å². The first-order valence-electron chi connectivity index (χ1n) is 6.73. The number of allylic oxidation sites excluding steroid dienone is 1. The molecule has 0 aliphatic rings. The maximum absolute atomic E-state index is 11.7. The van der Waals surface area contributed by atoms with E-state index < -0.39 is 11.9 Å². The van der Waals surface area contributed by atoms with E-state index in [1.54, 1.807) is 52.2 Å². The maximum atomic E-state index is 11.7. The van der Waals surface area contributed by atoms with Crippen molar-refractivity contribution in [1.82, 2.24) is 4.90 Å². The quantitative estimate of drug-likeness (QED) is 0.665. The predicted octanol–water partition coefficient (Wildman–Crippen LogP) is 1.84. The molecule has 0 spiro atoms. The maximum Gasteiger partial charge on any atom is 0.331 e. The second kappa shape index (κ2) is 7.97. The van der Waals surface area contributed by atoms with Gasteiger partial charge in [-0.1, -0.05) is 5.57 Å². The summed E-state index contributed by atoms with van der Waals surface area (Å²) in [6.07, 6.45) is 1.31. The van der Waals surface area contributed by atoms with Crippen molar-refractivity contribution in [2.75, 3.05) is 26.0 Å². The molecule has 0 heterocycles. The minimum atomic E-state index is -0.554. The van der Waals surface area contributed by atoms with Gasteiger partial charge in [-0.15, -0.1) is 0 Å². The predicted molar refractivity (Wildman–Crippen MR) is 83.5 cm³/mol. The molecule has 2 amide bonds. The summed E-state index contributed by atoms with van der Waals surface area (Å²) < 4.78 is 4.79. The number of anilines is 1. The van der Waals surface area contributed by atoms with E-state index in [-0.39, 0.29) is 12.5 Å². The number of ether oxygens (including phenoxy) is 1. The Kier molecular flexibility index (Phi) is 6.31. The van der Waals surface area contributed by atoms with Crippen LogP contribution in [0, 0.1) is 0 Å². The molecule has 0 saturated heterocycles. The average molecular weight is 304 g/mol. The molecule has 0 unspecified atom stereocenters. The molecular formula is C16H20N2O4. The molecule has 0 aliphatic carbocycles. The first kappa shape index (κ1) is 17.4. The summed E-state index contributed by atoms with van der Waals surface area (Å²) in [4.78, 5) is 36.1. The molecule has 1 aromatic rings. The molecule has 6 heteroatoms. The van der Waals surface area contributed by atoms with Gasteiger partial charge < -0.3 is 15.0 Å². The standard InChI is InChI=1S/C16H20N2O4/c1-11(2)9-15(20)22-10-14(19)17-13-7-5-12(6-8-13)16(21)18(3)4/h5-9H,10H2,1-4H3,(H,17,19). The molecule has 0 aromatic heterocycles. The minimum Gasteiger partial charge on any atom is -0.452 e. The molecule has 0 bridgehead atoms. The lowest BCUT2D eigenvalue weighted by Crippen LogP contribution is -2.22. The Bertz CT molecular complexity index is 585. The monoisotopic (exact) mass is 304 g/mol. The summed E-state index contributed by atoms with van der Waals surface area (Å²) in [5.41, 5.74) is 1.85. The van der Waals surface area contributed by atoms with Gasteiger partial charge in [-0.25, -0.2) is 4.79 Å². The number of amides is 2. The Morgan fingerprint density at radius 2 is 1.73 bits per heavy atom. The number of hydrogen-bond acceptors (Lipinski definition) is 4. The van der Waals surface area contributed by atoms with Gasteiger partial charge in [0.05, 0.1) is 0 Å². The van der Waals surface area contributed by atoms with Gasteiger partial charge in [-0.05, 0) is 38.1 Å². The molecule has 6 nitrogen and oxygen atoms in total. The van der Waals surface area contributed by atoms with Crippen molar-refractivity contribution >= 4 is 23.5 Å². The minimum absolute atomic E-state index is 0.117. The lowest BCUT2D eigenvalue weighted by molar-refractivity contribution is -0.142. The number of carbonyl (C=O) groups is 3. The van der Waals surface area contributed by atoms with Crippen molar-refractivity contribution in [2.24, 2.45) is 0 Å². The van der Waals surface area contributed by atoms with E-state index >= 15 is 0 Å². The van der Waals surface area contributed by atoms with E-state index in [0.29, 0.717) is 11.3 Å². The van der Waals surface area contributed by atoms with Crippen LogP contribution in [-0.2, 0) is 14.3 Å². The second-order valence-electron chi connectivity index (χ2n) is 5.15. The van der Waals surface area contributed by atoms with Crippen molar-refractivity contribution in [1.29, 1.82) is 0 Å². The number of hydrogen-bond donors (Lipinski definition) is 1. The van der Waals surface area contributed by atoms with Crippen LogP contribution in [0.5, 0.6) is 0 Å². The van der Waals surface area contributed by atoms with Crippen molar-refractivity contribution < 1.29 is 19.1 Å². The molecule has 0 fully saturated rings. The zero-order chi connectivity index (χ0) is 16.7. The van der Waals surface area contributed by atoms with Crippen molar-refractivity contribution in [2.45, 2.75) is 13.8 Å². The van der Waals surface area contributed by atoms with Crippen LogP contribution in [0.15, 0.2) is 35.9 Å². The SMILES string of the molecule is CC(C)=CC(=O)OCC(=O)Nc1ccc(C(=O)N(C)C)cc1. The topological polar surface area (TPSA) is 75.7 Å². The zero-order valence-electron chi connectivity index (χ0n) is 13.2. The third kappa shape index (κ3) is 5.78. The third-order valence-corrected chi connectivity index (χ3v) is 2.57. The lowest BCUT2D eigenvalue weighted by atomic mass is 10.2. The summed E-state index contributed by atoms with van der Waals surface area (Å²) in [6.45, 7) is 3.16. The molecule has 1 N–H and O–H groups in total. The fraction of sp³-hybridized carbons (Fsp3) is 0.312. The Hall–Kier alpha value is -2.63. The number of rotatable bonds is 5. The normalized spacial score (nSPS) is 9.64. The highest BCUT2D eigenvalue weighted by atomic mass is 16.5. The van der Waals surface area contributed by atoms with Gasteiger partial charge in [0.1, 0.15) is 0 Å². The van der Waals surface area contributed by atoms with Crippen LogP contribution >= 0.6 is 0 Å². The Labute approximate surface area is 129 Å². The first-order valence-corrected chi connectivity index (χ1v) is 6.73. The van der Waals surface area contributed by atoms with E-state index in [2.05, 4.69) is 5.32 Å². The van der Waals surface area contributed by atoms with Crippen LogP contribution in [0.25, 0.3) is 0 Å². The average Bonchev–Trinajstić information content (AvgIpc) is 2.44. The lowest BCUT2D eigenvalue weighted by Gasteiger charge is -2.11. The molecule has 0 radical (unpaired) electrons. The van der Waals surface area contributed by atoms with Gasteiger partial charge in [0.15, 0.2) is 6.61 Å². The summed E-state index contributed by atoms with van der Waals surface area (Å²) in [7, 11) is 3.33. The van der Waals surface area contributed by atoms with Crippen LogP contribution in [0.4, 0.5) is 5.69 Å².